The number of nitro groups is 1. The Hall–Kier alpha value is -2.75. The molecule has 0 unspecified atom stereocenters. The Morgan fingerprint density at radius 2 is 1.97 bits per heavy atom. The number of esters is 1. The van der Waals surface area contributed by atoms with Gasteiger partial charge in [0.1, 0.15) is 12.1 Å². The van der Waals surface area contributed by atoms with Crippen LogP contribution in [0.4, 0.5) is 5.69 Å². The number of carbonyl (C=O) groups is 2. The van der Waals surface area contributed by atoms with E-state index in [1.165, 1.54) is 28.8 Å². The van der Waals surface area contributed by atoms with E-state index in [0.717, 1.165) is 11.3 Å². The Morgan fingerprint density at radius 1 is 1.24 bits per heavy atom. The minimum atomic E-state index is -0.816. The fourth-order valence-electron chi connectivity index (χ4n) is 2.63. The van der Waals surface area contributed by atoms with Gasteiger partial charge in [-0.2, -0.15) is 4.99 Å². The molecule has 11 heteroatoms. The highest BCUT2D eigenvalue weighted by molar-refractivity contribution is 7.16. The van der Waals surface area contributed by atoms with Gasteiger partial charge in [-0.05, 0) is 25.1 Å². The summed E-state index contributed by atoms with van der Waals surface area (Å²) in [5, 5.41) is 11.7. The molecule has 0 aliphatic heterocycles. The van der Waals surface area contributed by atoms with Gasteiger partial charge in [-0.15, -0.1) is 0 Å². The fraction of sp³-hybridized carbons (Fsp3) is 0.167. The number of aromatic nitrogens is 1. The molecule has 0 bridgehead atoms. The number of para-hydroxylation sites is 1. The quantitative estimate of drug-likeness (QED) is 0.326. The molecule has 1 heterocycles. The van der Waals surface area contributed by atoms with Gasteiger partial charge in [-0.3, -0.25) is 19.7 Å². The molecule has 8 nitrogen and oxygen atoms in total. The molecule has 0 radical (unpaired) electrons. The van der Waals surface area contributed by atoms with Gasteiger partial charge in [0.05, 0.1) is 31.8 Å². The molecule has 29 heavy (non-hydrogen) atoms. The molecule has 3 aromatic rings. The van der Waals surface area contributed by atoms with E-state index in [4.69, 9.17) is 27.9 Å². The number of ether oxygens (including phenoxy) is 1. The van der Waals surface area contributed by atoms with Crippen molar-refractivity contribution in [2.24, 2.45) is 4.99 Å². The number of halogens is 2. The van der Waals surface area contributed by atoms with Crippen LogP contribution in [0.25, 0.3) is 10.2 Å². The lowest BCUT2D eigenvalue weighted by Gasteiger charge is -2.07. The summed E-state index contributed by atoms with van der Waals surface area (Å²) in [6, 6.07) is 8.77. The number of hydrogen-bond donors (Lipinski definition) is 0. The summed E-state index contributed by atoms with van der Waals surface area (Å²) in [6.45, 7) is 1.59. The van der Waals surface area contributed by atoms with Gasteiger partial charge in [-0.25, -0.2) is 0 Å². The Morgan fingerprint density at radius 3 is 2.66 bits per heavy atom. The maximum atomic E-state index is 12.7. The molecule has 3 rings (SSSR count). The van der Waals surface area contributed by atoms with E-state index in [-0.39, 0.29) is 39.2 Å². The van der Waals surface area contributed by atoms with Crippen molar-refractivity contribution in [2.75, 3.05) is 6.61 Å². The molecule has 150 valence electrons. The molecule has 0 fully saturated rings. The Bertz CT molecular complexity index is 1200. The van der Waals surface area contributed by atoms with Crippen LogP contribution >= 0.6 is 34.5 Å². The van der Waals surface area contributed by atoms with Gasteiger partial charge in [-0.1, -0.05) is 46.7 Å². The van der Waals surface area contributed by atoms with E-state index in [0.29, 0.717) is 10.2 Å². The molecule has 0 saturated heterocycles. The van der Waals surface area contributed by atoms with E-state index >= 15 is 0 Å². The summed E-state index contributed by atoms with van der Waals surface area (Å²) in [5.41, 5.74) is -0.103. The maximum absolute atomic E-state index is 12.7. The Balaban J connectivity index is 2.21. The molecule has 0 aliphatic rings. The van der Waals surface area contributed by atoms with Gasteiger partial charge < -0.3 is 9.30 Å². The van der Waals surface area contributed by atoms with Crippen LogP contribution in [0.3, 0.4) is 0 Å². The second-order valence-electron chi connectivity index (χ2n) is 5.68. The van der Waals surface area contributed by atoms with Gasteiger partial charge in [0.2, 0.25) is 0 Å². The predicted octanol–water partition coefficient (Wildman–Crippen LogP) is 4.22. The van der Waals surface area contributed by atoms with Crippen LogP contribution in [0.1, 0.15) is 17.3 Å². The first-order valence-electron chi connectivity index (χ1n) is 8.29. The molecule has 0 N–H and O–H groups in total. The Labute approximate surface area is 178 Å². The fourth-order valence-corrected chi connectivity index (χ4v) is 4.14. The number of thiazole rings is 1. The predicted molar refractivity (Wildman–Crippen MR) is 109 cm³/mol. The summed E-state index contributed by atoms with van der Waals surface area (Å²) < 4.78 is 7.03. The average molecular weight is 454 g/mol. The number of benzene rings is 2. The number of rotatable bonds is 5. The van der Waals surface area contributed by atoms with E-state index in [1.807, 2.05) is 0 Å². The normalized spacial score (nSPS) is 11.6. The number of fused-ring (bicyclic) bond motifs is 1. The van der Waals surface area contributed by atoms with Crippen molar-refractivity contribution in [3.8, 4) is 0 Å². The van der Waals surface area contributed by atoms with Crippen molar-refractivity contribution >= 4 is 62.3 Å². The molecular weight excluding hydrogens is 441 g/mol. The lowest BCUT2D eigenvalue weighted by atomic mass is 10.2. The largest absolute Gasteiger partial charge is 0.465 e. The number of nitro benzene ring substituents is 1. The van der Waals surface area contributed by atoms with Gasteiger partial charge >= 0.3 is 5.97 Å². The van der Waals surface area contributed by atoms with Gasteiger partial charge in [0.15, 0.2) is 4.80 Å². The van der Waals surface area contributed by atoms with Crippen molar-refractivity contribution in [2.45, 2.75) is 13.5 Å². The third-order valence-corrected chi connectivity index (χ3v) is 5.69. The van der Waals surface area contributed by atoms with Crippen molar-refractivity contribution in [1.82, 2.24) is 4.57 Å². The smallest absolute Gasteiger partial charge is 0.326 e. The van der Waals surface area contributed by atoms with Crippen molar-refractivity contribution in [1.29, 1.82) is 0 Å². The van der Waals surface area contributed by atoms with Gasteiger partial charge in [0.25, 0.3) is 11.6 Å². The van der Waals surface area contributed by atoms with Gasteiger partial charge in [0, 0.05) is 6.07 Å². The molecule has 0 saturated carbocycles. The summed E-state index contributed by atoms with van der Waals surface area (Å²) in [4.78, 5) is 39.5. The summed E-state index contributed by atoms with van der Waals surface area (Å²) >= 11 is 13.5. The minimum Gasteiger partial charge on any atom is -0.465 e. The molecule has 1 amide bonds. The minimum absolute atomic E-state index is 0.139. The van der Waals surface area contributed by atoms with Crippen molar-refractivity contribution < 1.29 is 19.2 Å². The molecular formula is C18H13Cl2N3O5S. The first-order chi connectivity index (χ1) is 13.8. The zero-order valence-electron chi connectivity index (χ0n) is 14.9. The second-order valence-corrected chi connectivity index (χ2v) is 7.47. The van der Waals surface area contributed by atoms with Crippen LogP contribution in [0.5, 0.6) is 0 Å². The van der Waals surface area contributed by atoms with Crippen LogP contribution < -0.4 is 4.80 Å². The lowest BCUT2D eigenvalue weighted by molar-refractivity contribution is -0.385. The number of nitrogens with zero attached hydrogens (tertiary/aromatic N) is 3. The summed E-state index contributed by atoms with van der Waals surface area (Å²) in [6.07, 6.45) is 0. The van der Waals surface area contributed by atoms with Crippen LogP contribution in [0, 0.1) is 10.1 Å². The average Bonchev–Trinajstić information content (AvgIpc) is 3.02. The molecule has 0 atom stereocenters. The zero-order valence-corrected chi connectivity index (χ0v) is 17.3. The first kappa shape index (κ1) is 21.0. The highest BCUT2D eigenvalue weighted by Gasteiger charge is 2.21. The zero-order chi connectivity index (χ0) is 21.1. The molecule has 0 spiro atoms. The molecule has 2 aromatic carbocycles. The standard InChI is InChI=1S/C18H13Cl2N3O5S/c1-2-28-14(24)9-22-16-13(8-7-11(19)15(16)20)29-18(22)21-17(25)10-5-3-4-6-12(10)23(26)27/h3-8H,2,9H2,1H3. The van der Waals surface area contributed by atoms with E-state index in [9.17, 15) is 19.7 Å². The summed E-state index contributed by atoms with van der Waals surface area (Å²) in [7, 11) is 0. The van der Waals surface area contributed by atoms with Crippen LogP contribution in [-0.4, -0.2) is 28.0 Å². The van der Waals surface area contributed by atoms with Crippen LogP contribution in [-0.2, 0) is 16.1 Å². The topological polar surface area (TPSA) is 104 Å². The number of hydrogen-bond acceptors (Lipinski definition) is 6. The summed E-state index contributed by atoms with van der Waals surface area (Å²) in [5.74, 6) is -1.37. The maximum Gasteiger partial charge on any atom is 0.326 e. The van der Waals surface area contributed by atoms with E-state index < -0.39 is 16.8 Å². The third-order valence-electron chi connectivity index (χ3n) is 3.85. The van der Waals surface area contributed by atoms with Crippen molar-refractivity contribution in [3.05, 3.63) is 66.9 Å². The second kappa shape index (κ2) is 8.73. The molecule has 1 aromatic heterocycles. The number of carbonyl (C=O) groups excluding carboxylic acids is 2. The highest BCUT2D eigenvalue weighted by atomic mass is 35.5. The third kappa shape index (κ3) is 4.31. The van der Waals surface area contributed by atoms with Crippen LogP contribution in [0.2, 0.25) is 10.0 Å². The first-order valence-corrected chi connectivity index (χ1v) is 9.86. The van der Waals surface area contributed by atoms with Crippen molar-refractivity contribution in [3.63, 3.8) is 0 Å². The highest BCUT2D eigenvalue weighted by Crippen LogP contribution is 2.32. The molecule has 0 aliphatic carbocycles. The monoisotopic (exact) mass is 453 g/mol. The number of amides is 1. The van der Waals surface area contributed by atoms with Crippen LogP contribution in [0.15, 0.2) is 41.4 Å². The Kier molecular flexibility index (Phi) is 6.31. The van der Waals surface area contributed by atoms with E-state index in [2.05, 4.69) is 4.99 Å². The van der Waals surface area contributed by atoms with E-state index in [1.54, 1.807) is 19.1 Å². The SMILES string of the molecule is CCOC(=O)Cn1c(=NC(=O)c2ccccc2[N+](=O)[O-])sc2ccc(Cl)c(Cl)c21. The lowest BCUT2D eigenvalue weighted by Crippen LogP contribution is -2.23.